The molecular weight excluding hydrogens is 401 g/mol. The van der Waals surface area contributed by atoms with E-state index in [1.807, 2.05) is 6.07 Å². The number of nitriles is 1. The van der Waals surface area contributed by atoms with Crippen LogP contribution >= 0.6 is 0 Å². The van der Waals surface area contributed by atoms with Crippen LogP contribution in [0.3, 0.4) is 0 Å². The minimum Gasteiger partial charge on any atom is -0.483 e. The van der Waals surface area contributed by atoms with Crippen molar-refractivity contribution in [2.45, 2.75) is 19.3 Å². The number of carbonyl (C=O) groups excluding carboxylic acids is 1. The number of alkyl halides is 3. The summed E-state index contributed by atoms with van der Waals surface area (Å²) in [6, 6.07) is 5.55. The third-order valence-corrected chi connectivity index (χ3v) is 4.30. The third-order valence-electron chi connectivity index (χ3n) is 4.30. The van der Waals surface area contributed by atoms with Gasteiger partial charge in [-0.1, -0.05) is 0 Å². The van der Waals surface area contributed by atoms with Crippen molar-refractivity contribution in [1.29, 1.82) is 5.26 Å². The molecular formula is C19H17F3N6O2. The number of rotatable bonds is 5. The summed E-state index contributed by atoms with van der Waals surface area (Å²) in [4.78, 5) is 14.4. The normalized spacial score (nSPS) is 14.1. The van der Waals surface area contributed by atoms with Gasteiger partial charge in [0.25, 0.3) is 5.91 Å². The molecule has 0 radical (unpaired) electrons. The Labute approximate surface area is 169 Å². The van der Waals surface area contributed by atoms with Gasteiger partial charge in [-0.05, 0) is 30.5 Å². The molecule has 0 fully saturated rings. The fourth-order valence-corrected chi connectivity index (χ4v) is 2.96. The highest BCUT2D eigenvalue weighted by molar-refractivity contribution is 5.97. The largest absolute Gasteiger partial charge is 0.483 e. The fourth-order valence-electron chi connectivity index (χ4n) is 2.96. The summed E-state index contributed by atoms with van der Waals surface area (Å²) in [7, 11) is 0. The van der Waals surface area contributed by atoms with Crippen molar-refractivity contribution >= 4 is 11.6 Å². The molecule has 1 amide bonds. The van der Waals surface area contributed by atoms with Gasteiger partial charge in [-0.15, -0.1) is 0 Å². The van der Waals surface area contributed by atoms with Crippen LogP contribution in [0.4, 0.5) is 13.2 Å². The van der Waals surface area contributed by atoms with E-state index < -0.39 is 18.7 Å². The van der Waals surface area contributed by atoms with Crippen LogP contribution in [0.15, 0.2) is 42.9 Å². The quantitative estimate of drug-likeness (QED) is 0.717. The van der Waals surface area contributed by atoms with Crippen molar-refractivity contribution in [3.63, 3.8) is 0 Å². The molecule has 0 atom stereocenters. The number of aromatic nitrogens is 2. The second-order valence-corrected chi connectivity index (χ2v) is 6.38. The van der Waals surface area contributed by atoms with E-state index in [0.717, 1.165) is 5.56 Å². The molecule has 1 aromatic heterocycles. The first kappa shape index (κ1) is 20.8. The lowest BCUT2D eigenvalue weighted by atomic mass is 10.1. The van der Waals surface area contributed by atoms with Gasteiger partial charge in [0, 0.05) is 24.5 Å². The molecule has 1 aliphatic rings. The van der Waals surface area contributed by atoms with Crippen molar-refractivity contribution in [1.82, 2.24) is 14.7 Å². The van der Waals surface area contributed by atoms with Crippen LogP contribution in [0.5, 0.6) is 5.75 Å². The molecule has 2 aromatic rings. The van der Waals surface area contributed by atoms with Gasteiger partial charge in [-0.3, -0.25) is 4.79 Å². The van der Waals surface area contributed by atoms with Crippen molar-refractivity contribution in [3.8, 4) is 11.8 Å². The highest BCUT2D eigenvalue weighted by Gasteiger charge is 2.32. The molecule has 0 saturated heterocycles. The Hall–Kier alpha value is -3.94. The lowest BCUT2D eigenvalue weighted by molar-refractivity contribution is -0.153. The van der Waals surface area contributed by atoms with Crippen molar-refractivity contribution in [3.05, 3.63) is 65.3 Å². The van der Waals surface area contributed by atoms with Crippen molar-refractivity contribution in [2.24, 2.45) is 11.5 Å². The molecule has 2 heterocycles. The number of allylic oxidation sites excluding steroid dienone is 2. The zero-order valence-electron chi connectivity index (χ0n) is 15.6. The van der Waals surface area contributed by atoms with Gasteiger partial charge in [-0.25, -0.2) is 4.68 Å². The van der Waals surface area contributed by atoms with E-state index in [4.69, 9.17) is 21.5 Å². The molecule has 1 aromatic carbocycles. The molecule has 0 aliphatic carbocycles. The van der Waals surface area contributed by atoms with Crippen LogP contribution in [-0.2, 0) is 13.1 Å². The standard InChI is InChI=1S/C19H17F3N6O2/c20-19(21,22)11-30-17-2-1-12(6-24)5-15(17)18(29)27-8-13-9-28(26-16(13)10-27)14(7-25)3-4-23/h1-5,7,9H,8,10-11,23,25H2/b4-3-,14-7+. The Balaban J connectivity index is 1.83. The molecule has 11 heteroatoms. The van der Waals surface area contributed by atoms with Crippen molar-refractivity contribution < 1.29 is 22.7 Å². The van der Waals surface area contributed by atoms with Crippen LogP contribution in [0, 0.1) is 11.3 Å². The first-order chi connectivity index (χ1) is 14.3. The maximum Gasteiger partial charge on any atom is 0.422 e. The average Bonchev–Trinajstić information content (AvgIpc) is 3.28. The summed E-state index contributed by atoms with van der Waals surface area (Å²) in [5.74, 6) is -0.808. The monoisotopic (exact) mass is 418 g/mol. The van der Waals surface area contributed by atoms with E-state index in [9.17, 15) is 18.0 Å². The number of amides is 1. The molecule has 30 heavy (non-hydrogen) atoms. The van der Waals surface area contributed by atoms with Crippen LogP contribution in [-0.4, -0.2) is 33.4 Å². The Bertz CT molecular complexity index is 1040. The zero-order valence-corrected chi connectivity index (χ0v) is 15.6. The number of halogens is 3. The third kappa shape index (κ3) is 4.38. The molecule has 0 bridgehead atoms. The molecule has 0 saturated carbocycles. The van der Waals surface area contributed by atoms with E-state index in [-0.39, 0.29) is 30.0 Å². The van der Waals surface area contributed by atoms with Gasteiger partial charge < -0.3 is 21.1 Å². The fraction of sp³-hybridized carbons (Fsp3) is 0.211. The minimum atomic E-state index is -4.56. The Morgan fingerprint density at radius 1 is 1.33 bits per heavy atom. The summed E-state index contributed by atoms with van der Waals surface area (Å²) in [5.41, 5.74) is 12.8. The molecule has 0 spiro atoms. The van der Waals surface area contributed by atoms with E-state index in [1.54, 1.807) is 12.3 Å². The predicted molar refractivity (Wildman–Crippen MR) is 100 cm³/mol. The van der Waals surface area contributed by atoms with Gasteiger partial charge >= 0.3 is 6.18 Å². The average molecular weight is 418 g/mol. The Kier molecular flexibility index (Phi) is 5.68. The molecule has 4 N–H and O–H groups in total. The van der Waals surface area contributed by atoms with Crippen molar-refractivity contribution in [2.75, 3.05) is 6.61 Å². The maximum absolute atomic E-state index is 13.0. The first-order valence-electron chi connectivity index (χ1n) is 8.66. The topological polar surface area (TPSA) is 123 Å². The van der Waals surface area contributed by atoms with Crippen LogP contribution in [0.25, 0.3) is 5.70 Å². The molecule has 0 unspecified atom stereocenters. The van der Waals surface area contributed by atoms with Gasteiger partial charge in [-0.2, -0.15) is 23.5 Å². The number of carbonyl (C=O) groups is 1. The van der Waals surface area contributed by atoms with Gasteiger partial charge in [0.15, 0.2) is 6.61 Å². The van der Waals surface area contributed by atoms with Crippen LogP contribution in [0.1, 0.15) is 27.2 Å². The smallest absolute Gasteiger partial charge is 0.422 e. The van der Waals surface area contributed by atoms with Crippen LogP contribution < -0.4 is 16.2 Å². The highest BCUT2D eigenvalue weighted by atomic mass is 19.4. The first-order valence-corrected chi connectivity index (χ1v) is 8.66. The number of nitrogens with two attached hydrogens (primary N) is 2. The lowest BCUT2D eigenvalue weighted by Gasteiger charge is -2.19. The molecule has 156 valence electrons. The maximum atomic E-state index is 13.0. The SMILES string of the molecule is N#Cc1ccc(OCC(F)(F)F)c(C(=O)N2Cc3cn(C(/C=C\N)=C/N)nc3C2)c1. The lowest BCUT2D eigenvalue weighted by Crippen LogP contribution is -2.27. The Morgan fingerprint density at radius 3 is 2.70 bits per heavy atom. The summed E-state index contributed by atoms with van der Waals surface area (Å²) < 4.78 is 43.9. The summed E-state index contributed by atoms with van der Waals surface area (Å²) in [6.07, 6.45) is 1.32. The van der Waals surface area contributed by atoms with Gasteiger partial charge in [0.1, 0.15) is 5.75 Å². The van der Waals surface area contributed by atoms with E-state index >= 15 is 0 Å². The highest BCUT2D eigenvalue weighted by Crippen LogP contribution is 2.29. The summed E-state index contributed by atoms with van der Waals surface area (Å²) in [6.45, 7) is -1.22. The molecule has 1 aliphatic heterocycles. The Morgan fingerprint density at radius 2 is 2.10 bits per heavy atom. The van der Waals surface area contributed by atoms with Crippen LogP contribution in [0.2, 0.25) is 0 Å². The number of nitrogens with zero attached hydrogens (tertiary/aromatic N) is 4. The number of fused-ring (bicyclic) bond motifs is 1. The van der Waals surface area contributed by atoms with E-state index in [2.05, 4.69) is 5.10 Å². The zero-order chi connectivity index (χ0) is 21.9. The summed E-state index contributed by atoms with van der Waals surface area (Å²) in [5, 5.41) is 13.4. The predicted octanol–water partition coefficient (Wildman–Crippen LogP) is 2.08. The number of hydrogen-bond acceptors (Lipinski definition) is 6. The van der Waals surface area contributed by atoms with Gasteiger partial charge in [0.05, 0.1) is 35.1 Å². The summed E-state index contributed by atoms with van der Waals surface area (Å²) >= 11 is 0. The minimum absolute atomic E-state index is 0.120. The second kappa shape index (κ2) is 8.20. The van der Waals surface area contributed by atoms with Gasteiger partial charge in [0.2, 0.25) is 0 Å². The molecule has 8 nitrogen and oxygen atoms in total. The van der Waals surface area contributed by atoms with E-state index in [0.29, 0.717) is 11.4 Å². The number of benzene rings is 1. The van der Waals surface area contributed by atoms with E-state index in [1.165, 1.54) is 40.2 Å². The number of ether oxygens (including phenoxy) is 1. The second-order valence-electron chi connectivity index (χ2n) is 6.38. The number of hydrogen-bond donors (Lipinski definition) is 2. The molecule has 3 rings (SSSR count).